The van der Waals surface area contributed by atoms with E-state index >= 15 is 0 Å². The van der Waals surface area contributed by atoms with E-state index in [0.717, 1.165) is 18.3 Å². The van der Waals surface area contributed by atoms with Gasteiger partial charge >= 0.3 is 0 Å². The molecular weight excluding hydrogens is 226 g/mol. The van der Waals surface area contributed by atoms with Crippen LogP contribution in [0.3, 0.4) is 0 Å². The number of allylic oxidation sites excluding steroid dienone is 1. The predicted octanol–water partition coefficient (Wildman–Crippen LogP) is 4.00. The molecule has 0 atom stereocenters. The Kier molecular flexibility index (Phi) is 4.69. The summed E-state index contributed by atoms with van der Waals surface area (Å²) in [5, 5.41) is 3.55. The van der Waals surface area contributed by atoms with E-state index in [1.54, 1.807) is 0 Å². The molecule has 1 aliphatic carbocycles. The molecule has 1 nitrogen and oxygen atoms in total. The summed E-state index contributed by atoms with van der Waals surface area (Å²) in [6.45, 7) is 5.31. The number of benzene rings is 1. The van der Waals surface area contributed by atoms with E-state index in [2.05, 4.69) is 49.5 Å². The van der Waals surface area contributed by atoms with Gasteiger partial charge in [-0.25, -0.2) is 0 Å². The smallest absolute Gasteiger partial charge is 0.0208 e. The predicted molar refractivity (Wildman–Crippen MR) is 76.5 cm³/mol. The van der Waals surface area contributed by atoms with Gasteiger partial charge in [0.25, 0.3) is 0 Å². The van der Waals surface area contributed by atoms with E-state index < -0.39 is 0 Å². The maximum absolute atomic E-state index is 3.55. The quantitative estimate of drug-likeness (QED) is 0.602. The summed E-state index contributed by atoms with van der Waals surface area (Å²) in [4.78, 5) is 1.37. The normalized spacial score (nSPS) is 14.7. The molecule has 0 bridgehead atoms. The highest BCUT2D eigenvalue weighted by atomic mass is 32.2. The van der Waals surface area contributed by atoms with Crippen molar-refractivity contribution >= 4 is 11.8 Å². The van der Waals surface area contributed by atoms with Gasteiger partial charge < -0.3 is 5.32 Å². The molecule has 0 aliphatic heterocycles. The van der Waals surface area contributed by atoms with Crippen LogP contribution in [0.4, 0.5) is 0 Å². The monoisotopic (exact) mass is 247 g/mol. The third-order valence-corrected chi connectivity index (χ3v) is 3.73. The van der Waals surface area contributed by atoms with Crippen LogP contribution in [0.1, 0.15) is 32.3 Å². The van der Waals surface area contributed by atoms with Crippen molar-refractivity contribution in [2.45, 2.75) is 44.2 Å². The van der Waals surface area contributed by atoms with Gasteiger partial charge in [0.15, 0.2) is 0 Å². The molecule has 0 amide bonds. The van der Waals surface area contributed by atoms with Crippen molar-refractivity contribution in [3.05, 3.63) is 41.5 Å². The average molecular weight is 247 g/mol. The molecule has 1 fully saturated rings. The van der Waals surface area contributed by atoms with Gasteiger partial charge in [0, 0.05) is 23.2 Å². The Morgan fingerprint density at radius 2 is 2.24 bits per heavy atom. The molecule has 1 N–H and O–H groups in total. The minimum Gasteiger partial charge on any atom is -0.310 e. The molecule has 92 valence electrons. The first kappa shape index (κ1) is 12.7. The molecule has 0 unspecified atom stereocenters. The van der Waals surface area contributed by atoms with Gasteiger partial charge in [-0.05, 0) is 44.4 Å². The molecule has 0 radical (unpaired) electrons. The first-order chi connectivity index (χ1) is 8.24. The van der Waals surface area contributed by atoms with Crippen LogP contribution in [-0.4, -0.2) is 11.8 Å². The molecule has 2 heteroatoms. The van der Waals surface area contributed by atoms with E-state index in [-0.39, 0.29) is 0 Å². The van der Waals surface area contributed by atoms with Crippen molar-refractivity contribution in [2.24, 2.45) is 0 Å². The minimum absolute atomic E-state index is 0.789. The molecule has 0 aromatic heterocycles. The summed E-state index contributed by atoms with van der Waals surface area (Å²) in [6, 6.07) is 9.66. The number of thioether (sulfide) groups is 1. The number of rotatable bonds is 6. The minimum atomic E-state index is 0.789. The third-order valence-electron chi connectivity index (χ3n) is 2.81. The number of hydrogen-bond acceptors (Lipinski definition) is 2. The second-order valence-electron chi connectivity index (χ2n) is 4.90. The highest BCUT2D eigenvalue weighted by molar-refractivity contribution is 7.99. The van der Waals surface area contributed by atoms with Crippen molar-refractivity contribution in [1.29, 1.82) is 0 Å². The average Bonchev–Trinajstić information content (AvgIpc) is 3.10. The summed E-state index contributed by atoms with van der Waals surface area (Å²) in [7, 11) is 0. The molecule has 2 rings (SSSR count). The number of nitrogens with one attached hydrogen (secondary N) is 1. The Morgan fingerprint density at radius 3 is 2.94 bits per heavy atom. The molecule has 1 aromatic carbocycles. The van der Waals surface area contributed by atoms with Gasteiger partial charge in [-0.2, -0.15) is 0 Å². The van der Waals surface area contributed by atoms with Gasteiger partial charge in [0.1, 0.15) is 0 Å². The van der Waals surface area contributed by atoms with Crippen molar-refractivity contribution in [3.63, 3.8) is 0 Å². The van der Waals surface area contributed by atoms with E-state index in [9.17, 15) is 0 Å². The maximum atomic E-state index is 3.55. The molecule has 17 heavy (non-hydrogen) atoms. The Labute approximate surface area is 109 Å². The van der Waals surface area contributed by atoms with Gasteiger partial charge in [-0.15, -0.1) is 11.8 Å². The Hall–Kier alpha value is -0.730. The third kappa shape index (κ3) is 4.97. The van der Waals surface area contributed by atoms with Crippen molar-refractivity contribution in [1.82, 2.24) is 5.32 Å². The van der Waals surface area contributed by atoms with Crippen LogP contribution >= 0.6 is 11.8 Å². The topological polar surface area (TPSA) is 12.0 Å². The molecular formula is C15H21NS. The van der Waals surface area contributed by atoms with E-state index in [4.69, 9.17) is 0 Å². The zero-order valence-corrected chi connectivity index (χ0v) is 11.5. The van der Waals surface area contributed by atoms with Crippen LogP contribution in [0.15, 0.2) is 40.8 Å². The first-order valence-electron chi connectivity index (χ1n) is 6.32. The lowest BCUT2D eigenvalue weighted by Gasteiger charge is -2.05. The largest absolute Gasteiger partial charge is 0.310 e. The van der Waals surface area contributed by atoms with Gasteiger partial charge in [0.2, 0.25) is 0 Å². The maximum Gasteiger partial charge on any atom is 0.0208 e. The SMILES string of the molecule is CC(C)=CCSc1cccc(CNC2CC2)c1. The summed E-state index contributed by atoms with van der Waals surface area (Å²) in [5.41, 5.74) is 2.79. The second-order valence-corrected chi connectivity index (χ2v) is 5.99. The highest BCUT2D eigenvalue weighted by Gasteiger charge is 2.19. The van der Waals surface area contributed by atoms with E-state index in [0.29, 0.717) is 0 Å². The van der Waals surface area contributed by atoms with Crippen LogP contribution < -0.4 is 5.32 Å². The molecule has 1 aliphatic rings. The Balaban J connectivity index is 1.84. The standard InChI is InChI=1S/C15H21NS/c1-12(2)8-9-17-15-5-3-4-13(10-15)11-16-14-6-7-14/h3-5,8,10,14,16H,6-7,9,11H2,1-2H3. The van der Waals surface area contributed by atoms with Crippen LogP contribution in [0.25, 0.3) is 0 Å². The fraction of sp³-hybridized carbons (Fsp3) is 0.467. The second kappa shape index (κ2) is 6.27. The number of hydrogen-bond donors (Lipinski definition) is 1. The summed E-state index contributed by atoms with van der Waals surface area (Å²) in [6.07, 6.45) is 4.99. The Bertz CT molecular complexity index is 390. The van der Waals surface area contributed by atoms with Crippen LogP contribution in [0, 0.1) is 0 Å². The lowest BCUT2D eigenvalue weighted by Crippen LogP contribution is -2.15. The molecule has 0 saturated heterocycles. The summed E-state index contributed by atoms with van der Waals surface area (Å²) < 4.78 is 0. The fourth-order valence-corrected chi connectivity index (χ4v) is 2.62. The van der Waals surface area contributed by atoms with Gasteiger partial charge in [-0.1, -0.05) is 23.8 Å². The van der Waals surface area contributed by atoms with Crippen LogP contribution in [0.2, 0.25) is 0 Å². The zero-order chi connectivity index (χ0) is 12.1. The highest BCUT2D eigenvalue weighted by Crippen LogP contribution is 2.22. The molecule has 1 saturated carbocycles. The zero-order valence-electron chi connectivity index (χ0n) is 10.7. The van der Waals surface area contributed by atoms with Gasteiger partial charge in [-0.3, -0.25) is 0 Å². The molecule has 1 aromatic rings. The summed E-state index contributed by atoms with van der Waals surface area (Å²) >= 11 is 1.91. The van der Waals surface area contributed by atoms with Crippen molar-refractivity contribution in [3.8, 4) is 0 Å². The lowest BCUT2D eigenvalue weighted by atomic mass is 10.2. The summed E-state index contributed by atoms with van der Waals surface area (Å²) in [5.74, 6) is 1.07. The van der Waals surface area contributed by atoms with Crippen LogP contribution in [0.5, 0.6) is 0 Å². The van der Waals surface area contributed by atoms with Gasteiger partial charge in [0.05, 0.1) is 0 Å². The molecule has 0 spiro atoms. The fourth-order valence-electron chi connectivity index (χ4n) is 1.60. The van der Waals surface area contributed by atoms with Crippen molar-refractivity contribution in [2.75, 3.05) is 5.75 Å². The van der Waals surface area contributed by atoms with E-state index in [1.807, 2.05) is 11.8 Å². The molecule has 0 heterocycles. The van der Waals surface area contributed by atoms with Crippen LogP contribution in [-0.2, 0) is 6.54 Å². The van der Waals surface area contributed by atoms with E-state index in [1.165, 1.54) is 28.9 Å². The van der Waals surface area contributed by atoms with Crippen molar-refractivity contribution < 1.29 is 0 Å². The lowest BCUT2D eigenvalue weighted by molar-refractivity contribution is 0.687. The Morgan fingerprint density at radius 1 is 1.41 bits per heavy atom. The first-order valence-corrected chi connectivity index (χ1v) is 7.31.